The third kappa shape index (κ3) is 4.08. The van der Waals surface area contributed by atoms with Gasteiger partial charge in [-0.3, -0.25) is 4.79 Å². The summed E-state index contributed by atoms with van der Waals surface area (Å²) in [5.41, 5.74) is 0.755. The van der Waals surface area contributed by atoms with Gasteiger partial charge in [-0.2, -0.15) is 0 Å². The van der Waals surface area contributed by atoms with Crippen LogP contribution in [0.5, 0.6) is 0 Å². The standard InChI is InChI=1S/C18H19ClFN3O2/c1-22(12-14-15(19)3-2-4-16(14)20)18(24)13-5-6-17(21-11-13)23-7-9-25-10-8-23/h2-6,11H,7-10,12H2,1H3. The van der Waals surface area contributed by atoms with Crippen molar-refractivity contribution in [1.82, 2.24) is 9.88 Å². The molecule has 2 heterocycles. The number of carbonyl (C=O) groups is 1. The maximum Gasteiger partial charge on any atom is 0.255 e. The summed E-state index contributed by atoms with van der Waals surface area (Å²) >= 11 is 6.03. The van der Waals surface area contributed by atoms with E-state index in [1.54, 1.807) is 25.4 Å². The van der Waals surface area contributed by atoms with Crippen molar-refractivity contribution in [1.29, 1.82) is 0 Å². The number of halogens is 2. The molecule has 3 rings (SSSR count). The zero-order valence-electron chi connectivity index (χ0n) is 13.9. The lowest BCUT2D eigenvalue weighted by Gasteiger charge is -2.27. The minimum absolute atomic E-state index is 0.0928. The van der Waals surface area contributed by atoms with Gasteiger partial charge in [0.25, 0.3) is 5.91 Å². The number of hydrogen-bond donors (Lipinski definition) is 0. The number of hydrogen-bond acceptors (Lipinski definition) is 4. The van der Waals surface area contributed by atoms with Crippen LogP contribution in [-0.2, 0) is 11.3 Å². The molecule has 7 heteroatoms. The minimum atomic E-state index is -0.423. The number of ether oxygens (including phenoxy) is 1. The van der Waals surface area contributed by atoms with Crippen molar-refractivity contribution >= 4 is 23.3 Å². The maximum absolute atomic E-state index is 13.9. The highest BCUT2D eigenvalue weighted by Crippen LogP contribution is 2.21. The van der Waals surface area contributed by atoms with Crippen LogP contribution in [0.4, 0.5) is 10.2 Å². The first-order chi connectivity index (χ1) is 12.1. The Kier molecular flexibility index (Phi) is 5.50. The van der Waals surface area contributed by atoms with Crippen molar-refractivity contribution in [3.05, 3.63) is 58.5 Å². The van der Waals surface area contributed by atoms with Crippen molar-refractivity contribution in [3.8, 4) is 0 Å². The van der Waals surface area contributed by atoms with E-state index in [-0.39, 0.29) is 12.5 Å². The first-order valence-electron chi connectivity index (χ1n) is 8.03. The van der Waals surface area contributed by atoms with E-state index in [9.17, 15) is 9.18 Å². The summed E-state index contributed by atoms with van der Waals surface area (Å²) in [7, 11) is 1.61. The van der Waals surface area contributed by atoms with Crippen molar-refractivity contribution < 1.29 is 13.9 Å². The Morgan fingerprint density at radius 2 is 2.08 bits per heavy atom. The van der Waals surface area contributed by atoms with Gasteiger partial charge >= 0.3 is 0 Å². The van der Waals surface area contributed by atoms with E-state index in [2.05, 4.69) is 9.88 Å². The first-order valence-corrected chi connectivity index (χ1v) is 8.41. The summed E-state index contributed by atoms with van der Waals surface area (Å²) in [5.74, 6) is 0.160. The Morgan fingerprint density at radius 1 is 1.32 bits per heavy atom. The third-order valence-corrected chi connectivity index (χ3v) is 4.49. The molecule has 1 saturated heterocycles. The number of aromatic nitrogens is 1. The Morgan fingerprint density at radius 3 is 2.72 bits per heavy atom. The van der Waals surface area contributed by atoms with Crippen molar-refractivity contribution in [2.75, 3.05) is 38.3 Å². The molecule has 0 N–H and O–H groups in total. The van der Waals surface area contributed by atoms with Gasteiger partial charge in [0.1, 0.15) is 11.6 Å². The van der Waals surface area contributed by atoms with Gasteiger partial charge < -0.3 is 14.5 Å². The number of amides is 1. The lowest BCUT2D eigenvalue weighted by molar-refractivity contribution is 0.0783. The van der Waals surface area contributed by atoms with Crippen molar-refractivity contribution in [3.63, 3.8) is 0 Å². The summed E-state index contributed by atoms with van der Waals surface area (Å²) in [6.45, 7) is 3.01. The number of anilines is 1. The van der Waals surface area contributed by atoms with Gasteiger partial charge in [0, 0.05) is 43.5 Å². The second kappa shape index (κ2) is 7.80. The number of nitrogens with zero attached hydrogens (tertiary/aromatic N) is 3. The topological polar surface area (TPSA) is 45.7 Å². The average molecular weight is 364 g/mol. The van der Waals surface area contributed by atoms with E-state index < -0.39 is 5.82 Å². The largest absolute Gasteiger partial charge is 0.378 e. The zero-order chi connectivity index (χ0) is 17.8. The van der Waals surface area contributed by atoms with Gasteiger partial charge in [0.2, 0.25) is 0 Å². The van der Waals surface area contributed by atoms with E-state index in [1.165, 1.54) is 17.0 Å². The third-order valence-electron chi connectivity index (χ3n) is 4.13. The Hall–Kier alpha value is -2.18. The van der Waals surface area contributed by atoms with E-state index >= 15 is 0 Å². The highest BCUT2D eigenvalue weighted by Gasteiger charge is 2.17. The molecule has 0 radical (unpaired) electrons. The summed E-state index contributed by atoms with van der Waals surface area (Å²) in [6, 6.07) is 8.04. The molecule has 0 saturated carbocycles. The molecule has 1 fully saturated rings. The number of benzene rings is 1. The molecule has 0 unspecified atom stereocenters. The van der Waals surface area contributed by atoms with Crippen LogP contribution in [0.1, 0.15) is 15.9 Å². The zero-order valence-corrected chi connectivity index (χ0v) is 14.7. The number of morpholine rings is 1. The number of carbonyl (C=O) groups excluding carboxylic acids is 1. The lowest BCUT2D eigenvalue weighted by atomic mass is 10.2. The average Bonchev–Trinajstić information content (AvgIpc) is 2.65. The molecule has 1 aliphatic rings. The normalized spacial score (nSPS) is 14.4. The molecule has 1 amide bonds. The molecule has 1 aliphatic heterocycles. The van der Waals surface area contributed by atoms with E-state index in [0.29, 0.717) is 29.4 Å². The van der Waals surface area contributed by atoms with Crippen LogP contribution in [0.3, 0.4) is 0 Å². The van der Waals surface area contributed by atoms with Crippen LogP contribution in [0.25, 0.3) is 0 Å². The van der Waals surface area contributed by atoms with Gasteiger partial charge in [-0.05, 0) is 24.3 Å². The van der Waals surface area contributed by atoms with E-state index in [0.717, 1.165) is 18.9 Å². The summed E-state index contributed by atoms with van der Waals surface area (Å²) in [5, 5.41) is 0.306. The molecule has 0 aliphatic carbocycles. The van der Waals surface area contributed by atoms with Crippen LogP contribution in [0.2, 0.25) is 5.02 Å². The highest BCUT2D eigenvalue weighted by molar-refractivity contribution is 6.31. The lowest BCUT2D eigenvalue weighted by Crippen LogP contribution is -2.36. The SMILES string of the molecule is CN(Cc1c(F)cccc1Cl)C(=O)c1ccc(N2CCOCC2)nc1. The predicted molar refractivity (Wildman–Crippen MR) is 94.5 cm³/mol. The van der Waals surface area contributed by atoms with Gasteiger partial charge in [0.05, 0.1) is 18.8 Å². The van der Waals surface area contributed by atoms with E-state index in [1.807, 2.05) is 6.07 Å². The van der Waals surface area contributed by atoms with Gasteiger partial charge in [-0.25, -0.2) is 9.37 Å². The minimum Gasteiger partial charge on any atom is -0.378 e. The second-order valence-electron chi connectivity index (χ2n) is 5.87. The van der Waals surface area contributed by atoms with Crippen molar-refractivity contribution in [2.45, 2.75) is 6.54 Å². The molecule has 1 aromatic carbocycles. The Labute approximate surface area is 151 Å². The molecular weight excluding hydrogens is 345 g/mol. The molecular formula is C18H19ClFN3O2. The predicted octanol–water partition coefficient (Wildman–Crippen LogP) is 2.98. The second-order valence-corrected chi connectivity index (χ2v) is 6.27. The Balaban J connectivity index is 1.69. The summed E-state index contributed by atoms with van der Waals surface area (Å²) < 4.78 is 19.2. The van der Waals surface area contributed by atoms with Crippen LogP contribution in [0.15, 0.2) is 36.5 Å². The Bertz CT molecular complexity index is 728. The smallest absolute Gasteiger partial charge is 0.255 e. The fraction of sp³-hybridized carbons (Fsp3) is 0.333. The van der Waals surface area contributed by atoms with Crippen LogP contribution < -0.4 is 4.90 Å². The highest BCUT2D eigenvalue weighted by atomic mass is 35.5. The molecule has 132 valence electrons. The molecule has 1 aromatic heterocycles. The summed E-state index contributed by atoms with van der Waals surface area (Å²) in [4.78, 5) is 20.5. The van der Waals surface area contributed by atoms with Gasteiger partial charge in [-0.1, -0.05) is 17.7 Å². The van der Waals surface area contributed by atoms with Crippen LogP contribution in [0, 0.1) is 5.82 Å². The monoisotopic (exact) mass is 363 g/mol. The molecule has 2 aromatic rings. The van der Waals surface area contributed by atoms with E-state index in [4.69, 9.17) is 16.3 Å². The molecule has 0 atom stereocenters. The quantitative estimate of drug-likeness (QED) is 0.837. The molecule has 5 nitrogen and oxygen atoms in total. The van der Waals surface area contributed by atoms with Crippen LogP contribution >= 0.6 is 11.6 Å². The van der Waals surface area contributed by atoms with Crippen LogP contribution in [-0.4, -0.2) is 49.1 Å². The fourth-order valence-electron chi connectivity index (χ4n) is 2.70. The molecule has 0 bridgehead atoms. The molecule has 0 spiro atoms. The first kappa shape index (κ1) is 17.6. The van der Waals surface area contributed by atoms with Gasteiger partial charge in [-0.15, -0.1) is 0 Å². The number of rotatable bonds is 4. The molecule has 25 heavy (non-hydrogen) atoms. The van der Waals surface area contributed by atoms with Crippen molar-refractivity contribution in [2.24, 2.45) is 0 Å². The number of pyridine rings is 1. The maximum atomic E-state index is 13.9. The fourth-order valence-corrected chi connectivity index (χ4v) is 2.93. The van der Waals surface area contributed by atoms with Gasteiger partial charge in [0.15, 0.2) is 0 Å². The summed E-state index contributed by atoms with van der Waals surface area (Å²) in [6.07, 6.45) is 1.55.